The normalized spacial score (nSPS) is 23.0. The monoisotopic (exact) mass is 343 g/mol. The second-order valence-corrected chi connectivity index (χ2v) is 6.69. The molecule has 1 fully saturated rings. The summed E-state index contributed by atoms with van der Waals surface area (Å²) in [5, 5.41) is 3.58. The van der Waals surface area contributed by atoms with E-state index in [9.17, 15) is 4.39 Å². The Bertz CT molecular complexity index is 647. The van der Waals surface area contributed by atoms with Crippen LogP contribution < -0.4 is 5.32 Å². The lowest BCUT2D eigenvalue weighted by atomic mass is 9.89. The zero-order chi connectivity index (χ0) is 17.5. The second kappa shape index (κ2) is 8.56. The predicted molar refractivity (Wildman–Crippen MR) is 96.8 cm³/mol. The minimum atomic E-state index is -0.415. The van der Waals surface area contributed by atoms with Gasteiger partial charge in [0.1, 0.15) is 11.4 Å². The van der Waals surface area contributed by atoms with Gasteiger partial charge in [0.15, 0.2) is 0 Å². The molecule has 2 aromatic rings. The summed E-state index contributed by atoms with van der Waals surface area (Å²) in [6.45, 7) is 2.06. The number of hydrogen-bond donors (Lipinski definition) is 1. The molecule has 3 rings (SSSR count). The van der Waals surface area contributed by atoms with Crippen LogP contribution in [-0.4, -0.2) is 26.3 Å². The molecule has 3 nitrogen and oxygen atoms in total. The first kappa shape index (κ1) is 18.1. The third-order valence-corrected chi connectivity index (χ3v) is 4.88. The summed E-state index contributed by atoms with van der Waals surface area (Å²) in [6, 6.07) is 17.3. The Morgan fingerprint density at radius 3 is 2.60 bits per heavy atom. The van der Waals surface area contributed by atoms with Crippen LogP contribution in [0.1, 0.15) is 30.4 Å². The lowest BCUT2D eigenvalue weighted by Crippen LogP contribution is -2.32. The van der Waals surface area contributed by atoms with E-state index in [0.29, 0.717) is 12.6 Å². The number of benzene rings is 2. The van der Waals surface area contributed by atoms with Gasteiger partial charge in [0.05, 0.1) is 6.61 Å². The standard InChI is InChI=1S/C21H26FNO2/c1-24-13-5-8-20-14-21(16-23-20,18-9-11-19(22)12-10-18)25-15-17-6-3-2-4-7-17/h2-4,6-7,9-12,20,23H,5,8,13-16H2,1H3. The largest absolute Gasteiger partial charge is 0.385 e. The Kier molecular flexibility index (Phi) is 6.19. The Hall–Kier alpha value is -1.75. The van der Waals surface area contributed by atoms with E-state index in [1.807, 2.05) is 30.3 Å². The smallest absolute Gasteiger partial charge is 0.123 e. The van der Waals surface area contributed by atoms with Crippen molar-refractivity contribution in [3.05, 3.63) is 71.5 Å². The third kappa shape index (κ3) is 4.66. The summed E-state index contributed by atoms with van der Waals surface area (Å²) in [6.07, 6.45) is 2.95. The summed E-state index contributed by atoms with van der Waals surface area (Å²) in [7, 11) is 1.73. The number of rotatable bonds is 8. The molecule has 0 amide bonds. The van der Waals surface area contributed by atoms with Gasteiger partial charge in [0.25, 0.3) is 0 Å². The molecule has 0 spiro atoms. The quantitative estimate of drug-likeness (QED) is 0.734. The summed E-state index contributed by atoms with van der Waals surface area (Å²) in [5.74, 6) is -0.218. The van der Waals surface area contributed by atoms with Gasteiger partial charge in [-0.1, -0.05) is 42.5 Å². The van der Waals surface area contributed by atoms with Crippen molar-refractivity contribution < 1.29 is 13.9 Å². The van der Waals surface area contributed by atoms with Gasteiger partial charge in [-0.15, -0.1) is 0 Å². The van der Waals surface area contributed by atoms with Gasteiger partial charge in [-0.2, -0.15) is 0 Å². The van der Waals surface area contributed by atoms with Crippen molar-refractivity contribution in [2.75, 3.05) is 20.3 Å². The van der Waals surface area contributed by atoms with E-state index in [4.69, 9.17) is 9.47 Å². The van der Waals surface area contributed by atoms with Gasteiger partial charge in [0.2, 0.25) is 0 Å². The van der Waals surface area contributed by atoms with E-state index < -0.39 is 5.60 Å². The first-order valence-corrected chi connectivity index (χ1v) is 8.88. The molecule has 0 saturated carbocycles. The molecule has 134 valence electrons. The fourth-order valence-corrected chi connectivity index (χ4v) is 3.49. The maximum absolute atomic E-state index is 13.4. The van der Waals surface area contributed by atoms with E-state index in [2.05, 4.69) is 17.4 Å². The zero-order valence-electron chi connectivity index (χ0n) is 14.7. The highest BCUT2D eigenvalue weighted by molar-refractivity contribution is 5.26. The molecule has 25 heavy (non-hydrogen) atoms. The predicted octanol–water partition coefficient (Wildman–Crippen LogP) is 4.03. The van der Waals surface area contributed by atoms with Crippen LogP contribution in [0.5, 0.6) is 0 Å². The Morgan fingerprint density at radius 1 is 1.12 bits per heavy atom. The van der Waals surface area contributed by atoms with Crippen LogP contribution in [0.3, 0.4) is 0 Å². The van der Waals surface area contributed by atoms with E-state index in [1.165, 1.54) is 12.1 Å². The molecule has 1 heterocycles. The first-order chi connectivity index (χ1) is 12.2. The van der Waals surface area contributed by atoms with E-state index in [1.54, 1.807) is 7.11 Å². The van der Waals surface area contributed by atoms with Gasteiger partial charge in [0, 0.05) is 26.3 Å². The highest BCUT2D eigenvalue weighted by Gasteiger charge is 2.41. The van der Waals surface area contributed by atoms with Crippen LogP contribution in [0.15, 0.2) is 54.6 Å². The fourth-order valence-electron chi connectivity index (χ4n) is 3.49. The molecule has 4 heteroatoms. The first-order valence-electron chi connectivity index (χ1n) is 8.88. The lowest BCUT2D eigenvalue weighted by molar-refractivity contribution is -0.0490. The van der Waals surface area contributed by atoms with Gasteiger partial charge in [-0.05, 0) is 42.5 Å². The molecule has 0 aromatic heterocycles. The van der Waals surface area contributed by atoms with Crippen molar-refractivity contribution >= 4 is 0 Å². The van der Waals surface area contributed by atoms with E-state index in [0.717, 1.165) is 43.5 Å². The molecule has 2 aromatic carbocycles. The Labute approximate surface area is 149 Å². The van der Waals surface area contributed by atoms with Crippen molar-refractivity contribution in [2.45, 2.75) is 37.5 Å². The molecule has 1 saturated heterocycles. The third-order valence-electron chi connectivity index (χ3n) is 4.88. The molecule has 0 bridgehead atoms. The maximum Gasteiger partial charge on any atom is 0.123 e. The van der Waals surface area contributed by atoms with Crippen molar-refractivity contribution in [2.24, 2.45) is 0 Å². The molecule has 0 aliphatic carbocycles. The number of hydrogen-bond acceptors (Lipinski definition) is 3. The highest BCUT2D eigenvalue weighted by atomic mass is 19.1. The van der Waals surface area contributed by atoms with Crippen LogP contribution in [0.25, 0.3) is 0 Å². The van der Waals surface area contributed by atoms with Gasteiger partial charge in [-0.3, -0.25) is 0 Å². The molecule has 1 N–H and O–H groups in total. The molecule has 1 aliphatic heterocycles. The number of nitrogens with one attached hydrogen (secondary N) is 1. The summed E-state index contributed by atoms with van der Waals surface area (Å²) < 4.78 is 24.9. The average Bonchev–Trinajstić information content (AvgIpc) is 3.06. The van der Waals surface area contributed by atoms with Crippen molar-refractivity contribution in [1.29, 1.82) is 0 Å². The minimum absolute atomic E-state index is 0.218. The molecular weight excluding hydrogens is 317 g/mol. The number of methoxy groups -OCH3 is 1. The molecule has 2 atom stereocenters. The van der Waals surface area contributed by atoms with E-state index >= 15 is 0 Å². The second-order valence-electron chi connectivity index (χ2n) is 6.69. The molecule has 0 radical (unpaired) electrons. The van der Waals surface area contributed by atoms with Crippen LogP contribution in [-0.2, 0) is 21.7 Å². The molecule has 1 aliphatic rings. The summed E-state index contributed by atoms with van der Waals surface area (Å²) >= 11 is 0. The van der Waals surface area contributed by atoms with Gasteiger partial charge < -0.3 is 14.8 Å². The minimum Gasteiger partial charge on any atom is -0.385 e. The molecule has 2 unspecified atom stereocenters. The van der Waals surface area contributed by atoms with Crippen LogP contribution in [0, 0.1) is 5.82 Å². The van der Waals surface area contributed by atoms with Gasteiger partial charge in [-0.25, -0.2) is 4.39 Å². The summed E-state index contributed by atoms with van der Waals surface area (Å²) in [5.41, 5.74) is 1.76. The van der Waals surface area contributed by atoms with Gasteiger partial charge >= 0.3 is 0 Å². The van der Waals surface area contributed by atoms with Crippen molar-refractivity contribution in [3.8, 4) is 0 Å². The zero-order valence-corrected chi connectivity index (χ0v) is 14.7. The van der Waals surface area contributed by atoms with Crippen LogP contribution in [0.2, 0.25) is 0 Å². The summed E-state index contributed by atoms with van der Waals surface area (Å²) in [4.78, 5) is 0. The average molecular weight is 343 g/mol. The fraction of sp³-hybridized carbons (Fsp3) is 0.429. The SMILES string of the molecule is COCCCC1CC(OCc2ccccc2)(c2ccc(F)cc2)CN1. The Morgan fingerprint density at radius 2 is 1.88 bits per heavy atom. The molecular formula is C21H26FNO2. The number of ether oxygens (including phenoxy) is 2. The highest BCUT2D eigenvalue weighted by Crippen LogP contribution is 2.37. The maximum atomic E-state index is 13.4. The van der Waals surface area contributed by atoms with E-state index in [-0.39, 0.29) is 5.82 Å². The van der Waals surface area contributed by atoms with Crippen LogP contribution in [0.4, 0.5) is 4.39 Å². The Balaban J connectivity index is 1.73. The van der Waals surface area contributed by atoms with Crippen molar-refractivity contribution in [3.63, 3.8) is 0 Å². The lowest BCUT2D eigenvalue weighted by Gasteiger charge is -2.30. The topological polar surface area (TPSA) is 30.5 Å². The van der Waals surface area contributed by atoms with Crippen molar-refractivity contribution in [1.82, 2.24) is 5.32 Å². The van der Waals surface area contributed by atoms with Crippen LogP contribution >= 0.6 is 0 Å². The number of halogens is 1.